The number of carbonyl (C=O) groups excluding carboxylic acids is 2. The summed E-state index contributed by atoms with van der Waals surface area (Å²) in [6.07, 6.45) is 2.12. The molecule has 0 saturated carbocycles. The number of rotatable bonds is 15. The monoisotopic (exact) mass is 657 g/mol. The first kappa shape index (κ1) is 33.1. The number of ether oxygens (including phenoxy) is 1. The number of benzene rings is 3. The molecule has 0 spiro atoms. The van der Waals surface area contributed by atoms with E-state index >= 15 is 0 Å². The molecule has 42 heavy (non-hydrogen) atoms. The van der Waals surface area contributed by atoms with Crippen molar-refractivity contribution in [2.24, 2.45) is 0 Å². The maximum atomic E-state index is 14.1. The molecule has 0 aliphatic carbocycles. The number of anilines is 1. The van der Waals surface area contributed by atoms with Crippen LogP contribution in [0.15, 0.2) is 82.2 Å². The molecule has 0 aromatic heterocycles. The molecule has 0 heterocycles. The van der Waals surface area contributed by atoms with E-state index in [2.05, 4.69) is 21.2 Å². The minimum Gasteiger partial charge on any atom is -0.494 e. The van der Waals surface area contributed by atoms with Crippen LogP contribution < -0.4 is 14.4 Å². The summed E-state index contributed by atoms with van der Waals surface area (Å²) in [5.41, 5.74) is 2.23. The summed E-state index contributed by atoms with van der Waals surface area (Å²) in [6, 6.07) is 19.8. The SMILES string of the molecule is CCCCNC(=O)C(CC)N(Cc1ccc(C)cc1)C(=O)CN(c1ccc(OCC)cc1)S(=O)(=O)c1ccc(Br)cc1. The zero-order chi connectivity index (χ0) is 30.7. The van der Waals surface area contributed by atoms with Crippen molar-refractivity contribution in [1.82, 2.24) is 10.2 Å². The van der Waals surface area contributed by atoms with Crippen LogP contribution in [-0.2, 0) is 26.2 Å². The molecule has 0 bridgehead atoms. The third kappa shape index (κ3) is 8.82. The van der Waals surface area contributed by atoms with Crippen LogP contribution in [-0.4, -0.2) is 50.9 Å². The molecule has 0 aliphatic heterocycles. The maximum absolute atomic E-state index is 14.1. The van der Waals surface area contributed by atoms with Crippen molar-refractivity contribution in [1.29, 1.82) is 0 Å². The van der Waals surface area contributed by atoms with Gasteiger partial charge in [0.05, 0.1) is 17.2 Å². The lowest BCUT2D eigenvalue weighted by molar-refractivity contribution is -0.140. The highest BCUT2D eigenvalue weighted by molar-refractivity contribution is 9.10. The van der Waals surface area contributed by atoms with Gasteiger partial charge in [-0.25, -0.2) is 8.42 Å². The number of carbonyl (C=O) groups is 2. The second kappa shape index (κ2) is 15.7. The van der Waals surface area contributed by atoms with Crippen molar-refractivity contribution in [3.63, 3.8) is 0 Å². The van der Waals surface area contributed by atoms with Crippen molar-refractivity contribution in [2.45, 2.75) is 64.4 Å². The van der Waals surface area contributed by atoms with Crippen LogP contribution >= 0.6 is 15.9 Å². The Bertz CT molecular complexity index is 1410. The molecule has 8 nitrogen and oxygen atoms in total. The Morgan fingerprint density at radius 2 is 1.57 bits per heavy atom. The van der Waals surface area contributed by atoms with Crippen LogP contribution in [0.2, 0.25) is 0 Å². The summed E-state index contributed by atoms with van der Waals surface area (Å²) in [4.78, 5) is 29.0. The molecule has 1 N–H and O–H groups in total. The number of aryl methyl sites for hydroxylation is 1. The van der Waals surface area contributed by atoms with Gasteiger partial charge in [-0.2, -0.15) is 0 Å². The van der Waals surface area contributed by atoms with Crippen molar-refractivity contribution >= 4 is 43.5 Å². The van der Waals surface area contributed by atoms with Gasteiger partial charge in [0, 0.05) is 17.6 Å². The number of nitrogens with one attached hydrogen (secondary N) is 1. The van der Waals surface area contributed by atoms with Gasteiger partial charge < -0.3 is 15.0 Å². The summed E-state index contributed by atoms with van der Waals surface area (Å²) in [5.74, 6) is -0.151. The van der Waals surface area contributed by atoms with Crippen LogP contribution in [0, 0.1) is 6.92 Å². The van der Waals surface area contributed by atoms with E-state index in [-0.39, 0.29) is 17.3 Å². The van der Waals surface area contributed by atoms with Gasteiger partial charge in [-0.15, -0.1) is 0 Å². The van der Waals surface area contributed by atoms with E-state index in [0.717, 1.165) is 32.7 Å². The number of hydrogen-bond donors (Lipinski definition) is 1. The second-order valence-corrected chi connectivity index (χ2v) is 12.7. The average molecular weight is 659 g/mol. The smallest absolute Gasteiger partial charge is 0.264 e. The molecule has 3 rings (SSSR count). The van der Waals surface area contributed by atoms with Crippen LogP contribution in [0.25, 0.3) is 0 Å². The minimum absolute atomic E-state index is 0.0434. The Hall–Kier alpha value is -3.37. The van der Waals surface area contributed by atoms with Gasteiger partial charge in [-0.05, 0) is 80.8 Å². The Kier molecular flexibility index (Phi) is 12.4. The predicted molar refractivity (Wildman–Crippen MR) is 170 cm³/mol. The Morgan fingerprint density at radius 1 is 0.929 bits per heavy atom. The quantitative estimate of drug-likeness (QED) is 0.200. The van der Waals surface area contributed by atoms with Crippen LogP contribution in [0.1, 0.15) is 51.2 Å². The van der Waals surface area contributed by atoms with E-state index in [1.807, 2.05) is 52.0 Å². The Labute approximate surface area is 258 Å². The van der Waals surface area contributed by atoms with E-state index in [4.69, 9.17) is 4.74 Å². The van der Waals surface area contributed by atoms with E-state index in [0.29, 0.717) is 31.0 Å². The van der Waals surface area contributed by atoms with Gasteiger partial charge in [0.1, 0.15) is 18.3 Å². The molecule has 3 aromatic carbocycles. The molecule has 10 heteroatoms. The zero-order valence-corrected chi connectivity index (χ0v) is 27.1. The fraction of sp³-hybridized carbons (Fsp3) is 0.375. The molecule has 0 radical (unpaired) electrons. The third-order valence-electron chi connectivity index (χ3n) is 6.81. The standard InChI is InChI=1S/C32H40BrN3O5S/c1-5-8-21-34-32(38)30(6-2)35(22-25-11-9-24(4)10-12-25)31(37)23-36(27-15-17-28(18-16-27)41-7-3)42(39,40)29-19-13-26(33)14-20-29/h9-20,30H,5-8,21-23H2,1-4H3,(H,34,38). The number of amides is 2. The number of unbranched alkanes of at least 4 members (excludes halogenated alkanes) is 1. The number of sulfonamides is 1. The summed E-state index contributed by atoms with van der Waals surface area (Å²) >= 11 is 3.35. The highest BCUT2D eigenvalue weighted by Crippen LogP contribution is 2.27. The number of halogens is 1. The summed E-state index contributed by atoms with van der Waals surface area (Å²) in [6.45, 7) is 8.37. The van der Waals surface area contributed by atoms with E-state index in [9.17, 15) is 18.0 Å². The van der Waals surface area contributed by atoms with Crippen molar-refractivity contribution < 1.29 is 22.7 Å². The van der Waals surface area contributed by atoms with Gasteiger partial charge >= 0.3 is 0 Å². The summed E-state index contributed by atoms with van der Waals surface area (Å²) in [7, 11) is -4.15. The highest BCUT2D eigenvalue weighted by Gasteiger charge is 2.33. The molecule has 0 fully saturated rings. The normalized spacial score (nSPS) is 11.9. The highest BCUT2D eigenvalue weighted by atomic mass is 79.9. The number of hydrogen-bond acceptors (Lipinski definition) is 5. The molecule has 0 aliphatic rings. The van der Waals surface area contributed by atoms with Crippen molar-refractivity contribution in [2.75, 3.05) is 24.0 Å². The topological polar surface area (TPSA) is 96.0 Å². The second-order valence-electron chi connectivity index (χ2n) is 9.97. The lowest BCUT2D eigenvalue weighted by Crippen LogP contribution is -2.52. The fourth-order valence-corrected chi connectivity index (χ4v) is 6.13. The molecule has 1 unspecified atom stereocenters. The lowest BCUT2D eigenvalue weighted by Gasteiger charge is -2.33. The van der Waals surface area contributed by atoms with Gasteiger partial charge in [0.2, 0.25) is 11.8 Å². The fourth-order valence-electron chi connectivity index (χ4n) is 4.45. The largest absolute Gasteiger partial charge is 0.494 e. The molecule has 3 aromatic rings. The molecule has 226 valence electrons. The predicted octanol–water partition coefficient (Wildman–Crippen LogP) is 6.08. The lowest BCUT2D eigenvalue weighted by atomic mass is 10.1. The zero-order valence-electron chi connectivity index (χ0n) is 24.7. The van der Waals surface area contributed by atoms with Gasteiger partial charge in [0.15, 0.2) is 0 Å². The Morgan fingerprint density at radius 3 is 2.14 bits per heavy atom. The van der Waals surface area contributed by atoms with Crippen LogP contribution in [0.4, 0.5) is 5.69 Å². The van der Waals surface area contributed by atoms with E-state index in [1.54, 1.807) is 36.4 Å². The molecule has 2 amide bonds. The van der Waals surface area contributed by atoms with Crippen molar-refractivity contribution in [3.8, 4) is 5.75 Å². The third-order valence-corrected chi connectivity index (χ3v) is 9.12. The first-order chi connectivity index (χ1) is 20.1. The van der Waals surface area contributed by atoms with Gasteiger partial charge in [0.25, 0.3) is 10.0 Å². The molecular formula is C32H40BrN3O5S. The Balaban J connectivity index is 2.03. The molecule has 0 saturated heterocycles. The van der Waals surface area contributed by atoms with Crippen LogP contribution in [0.3, 0.4) is 0 Å². The number of nitrogens with zero attached hydrogens (tertiary/aromatic N) is 2. The van der Waals surface area contributed by atoms with Crippen LogP contribution in [0.5, 0.6) is 5.75 Å². The van der Waals surface area contributed by atoms with Crippen molar-refractivity contribution in [3.05, 3.63) is 88.4 Å². The summed E-state index contributed by atoms with van der Waals surface area (Å²) < 4.78 is 35.3. The van der Waals surface area contributed by atoms with Gasteiger partial charge in [-0.1, -0.05) is 66.0 Å². The molecule has 1 atom stereocenters. The first-order valence-electron chi connectivity index (χ1n) is 14.2. The minimum atomic E-state index is -4.15. The van der Waals surface area contributed by atoms with E-state index in [1.165, 1.54) is 17.0 Å². The van der Waals surface area contributed by atoms with E-state index < -0.39 is 28.5 Å². The summed E-state index contributed by atoms with van der Waals surface area (Å²) in [5, 5.41) is 2.95. The average Bonchev–Trinajstić information content (AvgIpc) is 2.97. The van der Waals surface area contributed by atoms with Gasteiger partial charge in [-0.3, -0.25) is 13.9 Å². The molecular weight excluding hydrogens is 618 g/mol. The first-order valence-corrected chi connectivity index (χ1v) is 16.5. The maximum Gasteiger partial charge on any atom is 0.264 e.